The second-order valence-corrected chi connectivity index (χ2v) is 6.76. The summed E-state index contributed by atoms with van der Waals surface area (Å²) in [6.07, 6.45) is 0.166. The molecule has 1 atom stereocenters. The van der Waals surface area contributed by atoms with E-state index in [2.05, 4.69) is 10.5 Å². The predicted octanol–water partition coefficient (Wildman–Crippen LogP) is 0.147. The zero-order chi connectivity index (χ0) is 20.1. The number of benzene rings is 1. The van der Waals surface area contributed by atoms with Gasteiger partial charge in [0.15, 0.2) is 0 Å². The zero-order valence-electron chi connectivity index (χ0n) is 16.0. The van der Waals surface area contributed by atoms with Gasteiger partial charge >= 0.3 is 0 Å². The number of hydrogen-bond acceptors (Lipinski definition) is 6. The highest BCUT2D eigenvalue weighted by molar-refractivity contribution is 6.39. The van der Waals surface area contributed by atoms with Crippen LogP contribution in [0.15, 0.2) is 29.4 Å². The molecule has 0 radical (unpaired) electrons. The summed E-state index contributed by atoms with van der Waals surface area (Å²) in [6, 6.07) is 7.50. The van der Waals surface area contributed by atoms with Crippen molar-refractivity contribution >= 4 is 23.4 Å². The molecule has 2 aliphatic rings. The molecule has 1 saturated heterocycles. The van der Waals surface area contributed by atoms with Gasteiger partial charge in [0.25, 0.3) is 5.91 Å². The summed E-state index contributed by atoms with van der Waals surface area (Å²) in [5.74, 6) is 0.0209. The summed E-state index contributed by atoms with van der Waals surface area (Å²) in [4.78, 5) is 39.9. The van der Waals surface area contributed by atoms with Gasteiger partial charge in [-0.05, 0) is 17.7 Å². The van der Waals surface area contributed by atoms with Crippen molar-refractivity contribution in [2.75, 3.05) is 33.9 Å². The Kier molecular flexibility index (Phi) is 6.25. The van der Waals surface area contributed by atoms with Gasteiger partial charge in [-0.3, -0.25) is 14.4 Å². The van der Waals surface area contributed by atoms with Gasteiger partial charge in [0, 0.05) is 39.6 Å². The molecule has 1 aromatic carbocycles. The van der Waals surface area contributed by atoms with Gasteiger partial charge in [0.2, 0.25) is 11.8 Å². The van der Waals surface area contributed by atoms with Crippen LogP contribution in [0.1, 0.15) is 18.4 Å². The van der Waals surface area contributed by atoms with Crippen LogP contribution in [0.4, 0.5) is 0 Å². The van der Waals surface area contributed by atoms with Gasteiger partial charge in [-0.1, -0.05) is 12.1 Å². The summed E-state index contributed by atoms with van der Waals surface area (Å²) in [5, 5.41) is 3.84. The van der Waals surface area contributed by atoms with Crippen LogP contribution in [-0.2, 0) is 25.7 Å². The summed E-state index contributed by atoms with van der Waals surface area (Å²) in [7, 11) is 3.16. The topological polar surface area (TPSA) is 101 Å². The van der Waals surface area contributed by atoms with Crippen LogP contribution in [0.25, 0.3) is 0 Å². The van der Waals surface area contributed by atoms with E-state index in [1.807, 2.05) is 24.3 Å². The van der Waals surface area contributed by atoms with Crippen molar-refractivity contribution in [3.05, 3.63) is 29.8 Å². The fourth-order valence-corrected chi connectivity index (χ4v) is 3.20. The molecule has 0 bridgehead atoms. The van der Waals surface area contributed by atoms with Crippen molar-refractivity contribution < 1.29 is 23.9 Å². The molecule has 1 fully saturated rings. The van der Waals surface area contributed by atoms with Crippen LogP contribution >= 0.6 is 0 Å². The van der Waals surface area contributed by atoms with Crippen LogP contribution in [0.2, 0.25) is 0 Å². The first kappa shape index (κ1) is 19.8. The Morgan fingerprint density at radius 2 is 1.93 bits per heavy atom. The smallest absolute Gasteiger partial charge is 0.270 e. The van der Waals surface area contributed by atoms with Crippen LogP contribution < -0.4 is 10.2 Å². The van der Waals surface area contributed by atoms with E-state index in [0.717, 1.165) is 11.3 Å². The lowest BCUT2D eigenvalue weighted by Crippen LogP contribution is -2.45. The minimum atomic E-state index is -0.346. The van der Waals surface area contributed by atoms with Crippen LogP contribution in [0, 0.1) is 0 Å². The molecule has 1 aromatic rings. The molecule has 2 aliphatic heterocycles. The fourth-order valence-electron chi connectivity index (χ4n) is 3.20. The number of ether oxygens (including phenoxy) is 2. The van der Waals surface area contributed by atoms with E-state index in [4.69, 9.17) is 9.47 Å². The van der Waals surface area contributed by atoms with Crippen molar-refractivity contribution in [3.63, 3.8) is 0 Å². The number of carbonyl (C=O) groups excluding carboxylic acids is 3. The normalized spacial score (nSPS) is 20.4. The number of nitrogens with zero attached hydrogens (tertiary/aromatic N) is 3. The molecule has 0 spiro atoms. The number of carbonyl (C=O) groups is 3. The average Bonchev–Trinajstić information content (AvgIpc) is 2.87. The van der Waals surface area contributed by atoms with E-state index in [1.165, 1.54) is 4.90 Å². The third-order valence-corrected chi connectivity index (χ3v) is 4.83. The van der Waals surface area contributed by atoms with Crippen LogP contribution in [-0.4, -0.2) is 73.2 Å². The summed E-state index contributed by atoms with van der Waals surface area (Å²) in [5.41, 5.74) is 3.54. The number of nitrogens with one attached hydrogen (secondary N) is 1. The first-order valence-corrected chi connectivity index (χ1v) is 9.08. The zero-order valence-corrected chi connectivity index (χ0v) is 16.0. The molecule has 0 aliphatic carbocycles. The maximum absolute atomic E-state index is 12.8. The van der Waals surface area contributed by atoms with E-state index in [1.54, 1.807) is 19.1 Å². The highest BCUT2D eigenvalue weighted by atomic mass is 16.5. The summed E-state index contributed by atoms with van der Waals surface area (Å²) >= 11 is 0. The number of amides is 3. The lowest BCUT2D eigenvalue weighted by Gasteiger charge is -2.24. The molecule has 3 amide bonds. The molecule has 1 N–H and O–H groups in total. The second kappa shape index (κ2) is 8.83. The SMILES string of the molecule is COc1ccc(CN2CC(OC)CN(C(=O)C3=NNC(=O)CC3)CC2=O)cc1. The Hall–Kier alpha value is -2.94. The maximum Gasteiger partial charge on any atom is 0.270 e. The minimum absolute atomic E-state index is 0.0538. The lowest BCUT2D eigenvalue weighted by atomic mass is 10.1. The fraction of sp³-hybridized carbons (Fsp3) is 0.474. The van der Waals surface area contributed by atoms with Crippen molar-refractivity contribution in [2.24, 2.45) is 5.10 Å². The van der Waals surface area contributed by atoms with Gasteiger partial charge in [-0.25, -0.2) is 5.43 Å². The monoisotopic (exact) mass is 388 g/mol. The molecule has 150 valence electrons. The molecular formula is C19H24N4O5. The molecule has 1 unspecified atom stereocenters. The molecule has 3 rings (SSSR count). The first-order valence-electron chi connectivity index (χ1n) is 9.08. The summed E-state index contributed by atoms with van der Waals surface area (Å²) in [6.45, 7) is 1.03. The molecule has 28 heavy (non-hydrogen) atoms. The molecule has 0 aromatic heterocycles. The van der Waals surface area contributed by atoms with Crippen molar-refractivity contribution in [2.45, 2.75) is 25.5 Å². The minimum Gasteiger partial charge on any atom is -0.497 e. The largest absolute Gasteiger partial charge is 0.497 e. The Morgan fingerprint density at radius 3 is 2.54 bits per heavy atom. The average molecular weight is 388 g/mol. The van der Waals surface area contributed by atoms with Gasteiger partial charge < -0.3 is 19.3 Å². The van der Waals surface area contributed by atoms with Crippen LogP contribution in [0.5, 0.6) is 5.75 Å². The molecular weight excluding hydrogens is 364 g/mol. The Bertz CT molecular complexity index is 777. The third-order valence-electron chi connectivity index (χ3n) is 4.83. The standard InChI is InChI=1S/C19H24N4O5/c1-27-14-5-3-13(4-6-14)9-22-10-15(28-2)11-23(12-18(22)25)19(26)16-7-8-17(24)21-20-16/h3-6,15H,7-12H2,1-2H3,(H,21,24). The second-order valence-electron chi connectivity index (χ2n) is 6.76. The quantitative estimate of drug-likeness (QED) is 0.774. The van der Waals surface area contributed by atoms with Gasteiger partial charge in [-0.15, -0.1) is 0 Å². The van der Waals surface area contributed by atoms with E-state index >= 15 is 0 Å². The molecule has 9 heteroatoms. The Morgan fingerprint density at radius 1 is 1.18 bits per heavy atom. The van der Waals surface area contributed by atoms with Gasteiger partial charge in [0.1, 0.15) is 18.0 Å². The van der Waals surface area contributed by atoms with Crippen molar-refractivity contribution in [3.8, 4) is 5.75 Å². The van der Waals surface area contributed by atoms with Gasteiger partial charge in [-0.2, -0.15) is 5.10 Å². The van der Waals surface area contributed by atoms with Crippen molar-refractivity contribution in [1.29, 1.82) is 0 Å². The van der Waals surface area contributed by atoms with Crippen LogP contribution in [0.3, 0.4) is 0 Å². The van der Waals surface area contributed by atoms with E-state index in [0.29, 0.717) is 13.1 Å². The lowest BCUT2D eigenvalue weighted by molar-refractivity contribution is -0.136. The molecule has 2 heterocycles. The van der Waals surface area contributed by atoms with E-state index in [9.17, 15) is 14.4 Å². The van der Waals surface area contributed by atoms with E-state index in [-0.39, 0.29) is 55.5 Å². The molecule has 9 nitrogen and oxygen atoms in total. The number of hydrazone groups is 1. The third kappa shape index (κ3) is 4.66. The molecule has 0 saturated carbocycles. The first-order chi connectivity index (χ1) is 13.5. The number of hydrogen-bond donors (Lipinski definition) is 1. The number of rotatable bonds is 5. The van der Waals surface area contributed by atoms with Crippen molar-refractivity contribution in [1.82, 2.24) is 15.2 Å². The maximum atomic E-state index is 12.8. The Balaban J connectivity index is 1.71. The summed E-state index contributed by atoms with van der Waals surface area (Å²) < 4.78 is 10.6. The van der Waals surface area contributed by atoms with E-state index < -0.39 is 0 Å². The van der Waals surface area contributed by atoms with Gasteiger partial charge in [0.05, 0.1) is 13.2 Å². The highest BCUT2D eigenvalue weighted by Crippen LogP contribution is 2.16. The predicted molar refractivity (Wildman–Crippen MR) is 101 cm³/mol. The highest BCUT2D eigenvalue weighted by Gasteiger charge is 2.33. The Labute approximate surface area is 163 Å². The number of methoxy groups -OCH3 is 2.